The van der Waals surface area contributed by atoms with E-state index in [0.29, 0.717) is 18.3 Å². The van der Waals surface area contributed by atoms with E-state index in [1.165, 1.54) is 12.1 Å². The van der Waals surface area contributed by atoms with Crippen LogP contribution in [0.1, 0.15) is 36.2 Å². The number of benzene rings is 2. The molecule has 0 aliphatic heterocycles. The van der Waals surface area contributed by atoms with Gasteiger partial charge in [-0.05, 0) is 54.7 Å². The van der Waals surface area contributed by atoms with Crippen LogP contribution in [0.15, 0.2) is 48.5 Å². The lowest BCUT2D eigenvalue weighted by Gasteiger charge is -2.27. The van der Waals surface area contributed by atoms with Gasteiger partial charge in [-0.2, -0.15) is 0 Å². The van der Waals surface area contributed by atoms with Crippen molar-refractivity contribution in [3.8, 4) is 11.1 Å². The van der Waals surface area contributed by atoms with E-state index in [9.17, 15) is 9.18 Å². The van der Waals surface area contributed by atoms with Crippen LogP contribution in [0.3, 0.4) is 0 Å². The third-order valence-corrected chi connectivity index (χ3v) is 5.82. The van der Waals surface area contributed by atoms with Gasteiger partial charge in [-0.25, -0.2) is 4.39 Å². The second-order valence-corrected chi connectivity index (χ2v) is 7.90. The Balaban J connectivity index is 0.00000256. The summed E-state index contributed by atoms with van der Waals surface area (Å²) in [6, 6.07) is 14.9. The summed E-state index contributed by atoms with van der Waals surface area (Å²) in [5.74, 6) is -0.702. The van der Waals surface area contributed by atoms with E-state index in [4.69, 9.17) is 11.5 Å². The molecule has 1 saturated carbocycles. The molecule has 5 N–H and O–H groups in total. The van der Waals surface area contributed by atoms with Gasteiger partial charge in [-0.1, -0.05) is 30.7 Å². The average Bonchev–Trinajstić information content (AvgIpc) is 3.07. The van der Waals surface area contributed by atoms with Gasteiger partial charge in [0.2, 0.25) is 0 Å². The highest BCUT2D eigenvalue weighted by molar-refractivity contribution is 5.98. The van der Waals surface area contributed by atoms with E-state index in [2.05, 4.69) is 5.32 Å². The van der Waals surface area contributed by atoms with Crippen LogP contribution >= 0.6 is 12.4 Å². The summed E-state index contributed by atoms with van der Waals surface area (Å²) < 4.78 is 15.2. The first kappa shape index (κ1) is 22.3. The maximum absolute atomic E-state index is 13.3. The molecule has 0 saturated heterocycles. The molecule has 1 aromatic heterocycles. The van der Waals surface area contributed by atoms with Gasteiger partial charge in [0.05, 0.1) is 0 Å². The lowest BCUT2D eigenvalue weighted by atomic mass is 9.92. The summed E-state index contributed by atoms with van der Waals surface area (Å²) in [6.45, 7) is 1.38. The molecule has 2 aromatic carbocycles. The minimum atomic E-state index is -0.441. The standard InChI is InChI=1S/C23H27FN4O.ClH/c24-18-8-6-15(7-9-18)16-4-5-17-13-22(23(26)29)28(21(17)12-16)11-10-27-20-3-1-2-19(25)14-20;/h4-9,12-13,19-20,27H,1-3,10-11,14,25H2,(H2,26,29);1H. The fourth-order valence-corrected chi connectivity index (χ4v) is 4.31. The lowest BCUT2D eigenvalue weighted by molar-refractivity contribution is 0.0992. The summed E-state index contributed by atoms with van der Waals surface area (Å²) in [4.78, 5) is 12.0. The first-order valence-corrected chi connectivity index (χ1v) is 10.2. The van der Waals surface area contributed by atoms with E-state index < -0.39 is 5.91 Å². The van der Waals surface area contributed by atoms with Crippen LogP contribution in [0.4, 0.5) is 4.39 Å². The maximum atomic E-state index is 13.3. The van der Waals surface area contributed by atoms with Crippen LogP contribution in [0, 0.1) is 5.82 Å². The molecule has 5 nitrogen and oxygen atoms in total. The molecular weight excluding hydrogens is 403 g/mol. The minimum Gasteiger partial charge on any atom is -0.364 e. The number of nitrogens with one attached hydrogen (secondary N) is 1. The topological polar surface area (TPSA) is 86.1 Å². The highest BCUT2D eigenvalue weighted by atomic mass is 35.5. The molecule has 1 fully saturated rings. The normalized spacial score (nSPS) is 18.9. The number of nitrogens with two attached hydrogens (primary N) is 2. The second-order valence-electron chi connectivity index (χ2n) is 7.90. The Bertz CT molecular complexity index is 1020. The van der Waals surface area contributed by atoms with Gasteiger partial charge >= 0.3 is 0 Å². The van der Waals surface area contributed by atoms with Crippen molar-refractivity contribution in [3.63, 3.8) is 0 Å². The number of fused-ring (bicyclic) bond motifs is 1. The fraction of sp³-hybridized carbons (Fsp3) is 0.348. The van der Waals surface area contributed by atoms with Gasteiger partial charge in [-0.3, -0.25) is 4.79 Å². The van der Waals surface area contributed by atoms with Crippen LogP contribution in [-0.4, -0.2) is 29.1 Å². The average molecular weight is 431 g/mol. The zero-order valence-electron chi connectivity index (χ0n) is 16.8. The Hall–Kier alpha value is -2.41. The molecule has 1 amide bonds. The smallest absolute Gasteiger partial charge is 0.265 e. The molecule has 1 aliphatic carbocycles. The molecule has 2 unspecified atom stereocenters. The summed E-state index contributed by atoms with van der Waals surface area (Å²) in [5, 5.41) is 4.54. The first-order chi connectivity index (χ1) is 14.0. The van der Waals surface area contributed by atoms with Gasteiger partial charge in [-0.15, -0.1) is 12.4 Å². The molecule has 0 bridgehead atoms. The van der Waals surface area contributed by atoms with Crippen LogP contribution in [-0.2, 0) is 6.54 Å². The molecule has 1 aliphatic rings. The summed E-state index contributed by atoms with van der Waals surface area (Å²) in [6.07, 6.45) is 4.37. The Morgan fingerprint density at radius 3 is 2.53 bits per heavy atom. The molecule has 7 heteroatoms. The van der Waals surface area contributed by atoms with E-state index in [1.54, 1.807) is 12.1 Å². The third kappa shape index (κ3) is 4.83. The van der Waals surface area contributed by atoms with E-state index in [1.807, 2.05) is 28.8 Å². The van der Waals surface area contributed by atoms with Crippen molar-refractivity contribution in [2.45, 2.75) is 44.3 Å². The van der Waals surface area contributed by atoms with Gasteiger partial charge < -0.3 is 21.4 Å². The Morgan fingerprint density at radius 2 is 1.83 bits per heavy atom. The number of carbonyl (C=O) groups excluding carboxylic acids is 1. The van der Waals surface area contributed by atoms with Gasteiger partial charge in [0, 0.05) is 36.1 Å². The number of hydrogen-bond donors (Lipinski definition) is 3. The molecule has 30 heavy (non-hydrogen) atoms. The Morgan fingerprint density at radius 1 is 1.10 bits per heavy atom. The SMILES string of the molecule is Cl.NC(=O)c1cc2ccc(-c3ccc(F)cc3)cc2n1CCNC1CCCC(N)C1. The molecule has 1 heterocycles. The maximum Gasteiger partial charge on any atom is 0.265 e. The summed E-state index contributed by atoms with van der Waals surface area (Å²) in [5.41, 5.74) is 15.1. The zero-order valence-corrected chi connectivity index (χ0v) is 17.6. The molecule has 160 valence electrons. The molecule has 0 radical (unpaired) electrons. The number of primary amides is 1. The van der Waals surface area contributed by atoms with Gasteiger partial charge in [0.1, 0.15) is 11.5 Å². The third-order valence-electron chi connectivity index (χ3n) is 5.82. The molecular formula is C23H28ClFN4O. The predicted octanol–water partition coefficient (Wildman–Crippen LogP) is 3.83. The van der Waals surface area contributed by atoms with Crippen molar-refractivity contribution >= 4 is 29.2 Å². The quantitative estimate of drug-likeness (QED) is 0.555. The molecule has 3 aromatic rings. The highest BCUT2D eigenvalue weighted by Gasteiger charge is 2.19. The monoisotopic (exact) mass is 430 g/mol. The molecule has 0 spiro atoms. The largest absolute Gasteiger partial charge is 0.364 e. The minimum absolute atomic E-state index is 0. The van der Waals surface area contributed by atoms with Crippen LogP contribution in [0.25, 0.3) is 22.0 Å². The number of hydrogen-bond acceptors (Lipinski definition) is 3. The number of halogens is 2. The van der Waals surface area contributed by atoms with Crippen molar-refractivity contribution < 1.29 is 9.18 Å². The van der Waals surface area contributed by atoms with Crippen molar-refractivity contribution in [1.82, 2.24) is 9.88 Å². The number of nitrogens with zero attached hydrogens (tertiary/aromatic N) is 1. The number of aromatic nitrogens is 1. The van der Waals surface area contributed by atoms with Crippen LogP contribution in [0.2, 0.25) is 0 Å². The number of amides is 1. The van der Waals surface area contributed by atoms with Crippen molar-refractivity contribution in [2.24, 2.45) is 11.5 Å². The Kier molecular flexibility index (Phi) is 7.13. The van der Waals surface area contributed by atoms with Gasteiger partial charge in [0.25, 0.3) is 5.91 Å². The lowest BCUT2D eigenvalue weighted by Crippen LogP contribution is -2.40. The van der Waals surface area contributed by atoms with Crippen molar-refractivity contribution in [3.05, 3.63) is 60.0 Å². The molecule has 2 atom stereocenters. The van der Waals surface area contributed by atoms with Crippen LogP contribution in [0.5, 0.6) is 0 Å². The Labute approximate surface area is 182 Å². The van der Waals surface area contributed by atoms with Gasteiger partial charge in [0.15, 0.2) is 0 Å². The molecule has 4 rings (SSSR count). The number of rotatable bonds is 6. The van der Waals surface area contributed by atoms with E-state index >= 15 is 0 Å². The van der Waals surface area contributed by atoms with Crippen molar-refractivity contribution in [2.75, 3.05) is 6.54 Å². The van der Waals surface area contributed by atoms with Crippen molar-refractivity contribution in [1.29, 1.82) is 0 Å². The van der Waals surface area contributed by atoms with E-state index in [-0.39, 0.29) is 24.3 Å². The van der Waals surface area contributed by atoms with Crippen LogP contribution < -0.4 is 16.8 Å². The highest BCUT2D eigenvalue weighted by Crippen LogP contribution is 2.27. The van der Waals surface area contributed by atoms with E-state index in [0.717, 1.165) is 54.3 Å². The summed E-state index contributed by atoms with van der Waals surface area (Å²) >= 11 is 0. The predicted molar refractivity (Wildman–Crippen MR) is 121 cm³/mol. The zero-order chi connectivity index (χ0) is 20.4. The first-order valence-electron chi connectivity index (χ1n) is 10.2. The number of carbonyl (C=O) groups is 1. The second kappa shape index (κ2) is 9.60. The summed E-state index contributed by atoms with van der Waals surface area (Å²) in [7, 11) is 0. The fourth-order valence-electron chi connectivity index (χ4n) is 4.31.